The number of hydrogen-bond donors (Lipinski definition) is 2. The van der Waals surface area contributed by atoms with Gasteiger partial charge in [-0.15, -0.1) is 6.42 Å². The summed E-state index contributed by atoms with van der Waals surface area (Å²) in [4.78, 5) is 25.0. The fraction of sp³-hybridized carbons (Fsp3) is 0.733. The van der Waals surface area contributed by atoms with Crippen LogP contribution in [0.1, 0.15) is 33.6 Å². The van der Waals surface area contributed by atoms with Gasteiger partial charge in [0.1, 0.15) is 5.54 Å². The summed E-state index contributed by atoms with van der Waals surface area (Å²) in [6.07, 6.45) is 6.87. The van der Waals surface area contributed by atoms with Crippen molar-refractivity contribution in [1.82, 2.24) is 10.2 Å². The van der Waals surface area contributed by atoms with Gasteiger partial charge in [0.2, 0.25) is 5.91 Å². The lowest BCUT2D eigenvalue weighted by Gasteiger charge is -2.28. The van der Waals surface area contributed by atoms with Crippen molar-refractivity contribution >= 4 is 11.9 Å². The third-order valence-corrected chi connectivity index (χ3v) is 4.23. The third-order valence-electron chi connectivity index (χ3n) is 4.23. The highest BCUT2D eigenvalue weighted by atomic mass is 16.4. The molecule has 5 nitrogen and oxygen atoms in total. The first kappa shape index (κ1) is 16.5. The van der Waals surface area contributed by atoms with E-state index in [9.17, 15) is 9.59 Å². The first-order valence-corrected chi connectivity index (χ1v) is 7.11. The van der Waals surface area contributed by atoms with Crippen LogP contribution in [0.2, 0.25) is 0 Å². The average Bonchev–Trinajstić information content (AvgIpc) is 2.77. The normalized spacial score (nSPS) is 23.3. The van der Waals surface area contributed by atoms with Crippen molar-refractivity contribution in [2.45, 2.75) is 39.2 Å². The Morgan fingerprint density at radius 1 is 1.40 bits per heavy atom. The minimum Gasteiger partial charge on any atom is -0.481 e. The van der Waals surface area contributed by atoms with E-state index in [2.05, 4.69) is 11.2 Å². The maximum Gasteiger partial charge on any atom is 0.308 e. The molecule has 1 aliphatic rings. The number of likely N-dealkylation sites (tertiary alicyclic amines) is 1. The molecule has 0 aliphatic carbocycles. The summed E-state index contributed by atoms with van der Waals surface area (Å²) in [7, 11) is 0. The first-order chi connectivity index (χ1) is 9.37. The number of aliphatic carboxylic acids is 1. The lowest BCUT2D eigenvalue weighted by molar-refractivity contribution is -0.142. The van der Waals surface area contributed by atoms with Gasteiger partial charge < -0.3 is 10.4 Å². The quantitative estimate of drug-likeness (QED) is 0.711. The van der Waals surface area contributed by atoms with E-state index in [0.29, 0.717) is 25.9 Å². The summed E-state index contributed by atoms with van der Waals surface area (Å²) in [5, 5.41) is 12.0. The highest BCUT2D eigenvalue weighted by molar-refractivity contribution is 5.79. The molecule has 1 amide bonds. The number of carboxylic acids is 1. The number of amides is 1. The number of carbonyl (C=O) groups excluding carboxylic acids is 1. The molecule has 5 heteroatoms. The Labute approximate surface area is 120 Å². The van der Waals surface area contributed by atoms with Crippen LogP contribution in [-0.2, 0) is 9.59 Å². The molecule has 20 heavy (non-hydrogen) atoms. The second kappa shape index (κ2) is 6.76. The zero-order valence-corrected chi connectivity index (χ0v) is 12.5. The topological polar surface area (TPSA) is 69.6 Å². The van der Waals surface area contributed by atoms with Gasteiger partial charge in [0.15, 0.2) is 0 Å². The number of terminal acetylenes is 1. The molecular formula is C15H24N2O3. The predicted molar refractivity (Wildman–Crippen MR) is 77.0 cm³/mol. The van der Waals surface area contributed by atoms with E-state index in [-0.39, 0.29) is 18.4 Å². The molecule has 0 radical (unpaired) electrons. The molecule has 112 valence electrons. The van der Waals surface area contributed by atoms with E-state index in [1.165, 1.54) is 0 Å². The molecule has 1 fully saturated rings. The summed E-state index contributed by atoms with van der Waals surface area (Å²) in [5.74, 6) is 1.41. The number of rotatable bonds is 6. The van der Waals surface area contributed by atoms with Crippen molar-refractivity contribution < 1.29 is 14.7 Å². The van der Waals surface area contributed by atoms with Gasteiger partial charge in [-0.05, 0) is 18.8 Å². The standard InChI is InChI=1S/C15H24N2O3/c1-5-15(6-2,7-3)16-13(18)10-17-8-11(4)12(9-17)14(19)20/h1,11-12H,6-10H2,2-4H3,(H,16,18)(H,19,20)/t11-,12-/m1/s1. The zero-order chi connectivity index (χ0) is 15.3. The average molecular weight is 280 g/mol. The smallest absolute Gasteiger partial charge is 0.308 e. The van der Waals surface area contributed by atoms with Gasteiger partial charge >= 0.3 is 5.97 Å². The van der Waals surface area contributed by atoms with Crippen molar-refractivity contribution in [2.24, 2.45) is 11.8 Å². The molecule has 1 saturated heterocycles. The van der Waals surface area contributed by atoms with Crippen molar-refractivity contribution in [2.75, 3.05) is 19.6 Å². The second-order valence-corrected chi connectivity index (χ2v) is 5.60. The van der Waals surface area contributed by atoms with E-state index in [4.69, 9.17) is 11.5 Å². The zero-order valence-electron chi connectivity index (χ0n) is 12.5. The van der Waals surface area contributed by atoms with E-state index in [1.807, 2.05) is 25.7 Å². The van der Waals surface area contributed by atoms with Gasteiger partial charge in [-0.1, -0.05) is 26.7 Å². The first-order valence-electron chi connectivity index (χ1n) is 7.11. The molecule has 0 saturated carbocycles. The molecular weight excluding hydrogens is 256 g/mol. The molecule has 0 aromatic carbocycles. The van der Waals surface area contributed by atoms with Crippen LogP contribution in [-0.4, -0.2) is 47.1 Å². The Kier molecular flexibility index (Phi) is 5.58. The fourth-order valence-electron chi connectivity index (χ4n) is 2.69. The van der Waals surface area contributed by atoms with Crippen molar-refractivity contribution in [3.63, 3.8) is 0 Å². The minimum atomic E-state index is -0.791. The van der Waals surface area contributed by atoms with E-state index in [1.54, 1.807) is 0 Å². The lowest BCUT2D eigenvalue weighted by atomic mass is 9.94. The molecule has 1 rings (SSSR count). The molecule has 1 heterocycles. The molecule has 2 atom stereocenters. The van der Waals surface area contributed by atoms with Gasteiger partial charge in [-0.3, -0.25) is 14.5 Å². The summed E-state index contributed by atoms with van der Waals surface area (Å²) in [5.41, 5.74) is -0.589. The second-order valence-electron chi connectivity index (χ2n) is 5.60. The highest BCUT2D eigenvalue weighted by Crippen LogP contribution is 2.23. The van der Waals surface area contributed by atoms with Crippen LogP contribution < -0.4 is 5.32 Å². The molecule has 0 aromatic rings. The van der Waals surface area contributed by atoms with Crippen LogP contribution >= 0.6 is 0 Å². The minimum absolute atomic E-state index is 0.0649. The van der Waals surface area contributed by atoms with Crippen molar-refractivity contribution in [3.05, 3.63) is 0 Å². The van der Waals surface area contributed by atoms with E-state index >= 15 is 0 Å². The lowest BCUT2D eigenvalue weighted by Crippen LogP contribution is -2.49. The molecule has 0 aromatic heterocycles. The molecule has 0 bridgehead atoms. The highest BCUT2D eigenvalue weighted by Gasteiger charge is 2.36. The van der Waals surface area contributed by atoms with Crippen LogP contribution in [0.25, 0.3) is 0 Å². The van der Waals surface area contributed by atoms with Gasteiger partial charge in [0.25, 0.3) is 0 Å². The Morgan fingerprint density at radius 3 is 2.40 bits per heavy atom. The summed E-state index contributed by atoms with van der Waals surface area (Å²) >= 11 is 0. The number of nitrogens with one attached hydrogen (secondary N) is 1. The van der Waals surface area contributed by atoms with Crippen LogP contribution in [0.3, 0.4) is 0 Å². The van der Waals surface area contributed by atoms with Crippen molar-refractivity contribution in [1.29, 1.82) is 0 Å². The largest absolute Gasteiger partial charge is 0.481 e. The molecule has 0 unspecified atom stereocenters. The third kappa shape index (κ3) is 3.73. The maximum atomic E-state index is 12.1. The molecule has 0 spiro atoms. The Balaban J connectivity index is 2.56. The summed E-state index contributed by atoms with van der Waals surface area (Å²) < 4.78 is 0. The Morgan fingerprint density at radius 2 is 2.00 bits per heavy atom. The monoisotopic (exact) mass is 280 g/mol. The fourth-order valence-corrected chi connectivity index (χ4v) is 2.69. The molecule has 2 N–H and O–H groups in total. The number of hydrogen-bond acceptors (Lipinski definition) is 3. The number of nitrogens with zero attached hydrogens (tertiary/aromatic N) is 1. The maximum absolute atomic E-state index is 12.1. The van der Waals surface area contributed by atoms with Gasteiger partial charge in [-0.25, -0.2) is 0 Å². The van der Waals surface area contributed by atoms with Gasteiger partial charge in [0.05, 0.1) is 12.5 Å². The van der Waals surface area contributed by atoms with Crippen LogP contribution in [0.15, 0.2) is 0 Å². The number of carboxylic acid groups (broad SMARTS) is 1. The predicted octanol–water partition coefficient (Wildman–Crippen LogP) is 0.947. The Hall–Kier alpha value is -1.54. The SMILES string of the molecule is C#CC(CC)(CC)NC(=O)CN1C[C@@H](C)[C@H](C(=O)O)C1. The van der Waals surface area contributed by atoms with Crippen molar-refractivity contribution in [3.8, 4) is 12.3 Å². The van der Waals surface area contributed by atoms with Crippen LogP contribution in [0, 0.1) is 24.2 Å². The van der Waals surface area contributed by atoms with Gasteiger partial charge in [0, 0.05) is 13.1 Å². The van der Waals surface area contributed by atoms with Crippen LogP contribution in [0.4, 0.5) is 0 Å². The summed E-state index contributed by atoms with van der Waals surface area (Å²) in [6, 6.07) is 0. The number of carbonyl (C=O) groups is 2. The van der Waals surface area contributed by atoms with Gasteiger partial charge in [-0.2, -0.15) is 0 Å². The van der Waals surface area contributed by atoms with Crippen LogP contribution in [0.5, 0.6) is 0 Å². The van der Waals surface area contributed by atoms with E-state index < -0.39 is 17.4 Å². The molecule has 1 aliphatic heterocycles. The Bertz CT molecular complexity index is 410. The summed E-state index contributed by atoms with van der Waals surface area (Å²) in [6.45, 7) is 7.05. The van der Waals surface area contributed by atoms with E-state index in [0.717, 1.165) is 0 Å².